The molecule has 0 heterocycles. The molecule has 0 saturated carbocycles. The van der Waals surface area contributed by atoms with E-state index in [9.17, 15) is 9.59 Å². The number of anilines is 1. The molecule has 1 amide bonds. The van der Waals surface area contributed by atoms with Crippen molar-refractivity contribution < 1.29 is 14.7 Å². The number of hydrogen-bond donors (Lipinski definition) is 3. The molecule has 5 nitrogen and oxygen atoms in total. The molecule has 5 heteroatoms. The van der Waals surface area contributed by atoms with E-state index in [1.54, 1.807) is 13.0 Å². The minimum Gasteiger partial charge on any atom is -0.478 e. The number of nitrogens with two attached hydrogens (primary N) is 1. The quantitative estimate of drug-likeness (QED) is 0.668. The van der Waals surface area contributed by atoms with Crippen LogP contribution < -0.4 is 11.1 Å². The van der Waals surface area contributed by atoms with Crippen molar-refractivity contribution in [2.24, 2.45) is 5.73 Å². The first-order valence-corrected chi connectivity index (χ1v) is 6.80. The molecule has 110 valence electrons. The van der Waals surface area contributed by atoms with Gasteiger partial charge in [0.25, 0.3) is 0 Å². The lowest BCUT2D eigenvalue weighted by Gasteiger charge is -2.10. The van der Waals surface area contributed by atoms with Gasteiger partial charge in [0.1, 0.15) is 0 Å². The topological polar surface area (TPSA) is 92.4 Å². The Morgan fingerprint density at radius 1 is 1.20 bits per heavy atom. The third kappa shape index (κ3) is 4.66. The van der Waals surface area contributed by atoms with E-state index >= 15 is 0 Å². The maximum atomic E-state index is 11.8. The lowest BCUT2D eigenvalue weighted by molar-refractivity contribution is -0.116. The summed E-state index contributed by atoms with van der Waals surface area (Å²) in [5.74, 6) is -1.08. The van der Waals surface area contributed by atoms with Gasteiger partial charge in [-0.25, -0.2) is 4.79 Å². The minimum atomic E-state index is -0.982. The summed E-state index contributed by atoms with van der Waals surface area (Å²) in [6.45, 7) is 4.23. The maximum absolute atomic E-state index is 11.8. The SMILES string of the molecule is Cc1cc(NC(=O)CCCCCN)cc(C(=O)O)c1C. The monoisotopic (exact) mass is 278 g/mol. The van der Waals surface area contributed by atoms with Crippen LogP contribution in [-0.2, 0) is 4.79 Å². The van der Waals surface area contributed by atoms with Gasteiger partial charge in [0.15, 0.2) is 0 Å². The molecule has 4 N–H and O–H groups in total. The number of rotatable bonds is 7. The van der Waals surface area contributed by atoms with Gasteiger partial charge >= 0.3 is 5.97 Å². The average molecular weight is 278 g/mol. The second kappa shape index (κ2) is 7.65. The van der Waals surface area contributed by atoms with Crippen molar-refractivity contribution in [3.05, 3.63) is 28.8 Å². The Balaban J connectivity index is 2.68. The van der Waals surface area contributed by atoms with Gasteiger partial charge in [-0.2, -0.15) is 0 Å². The van der Waals surface area contributed by atoms with Crippen LogP contribution in [-0.4, -0.2) is 23.5 Å². The fourth-order valence-electron chi connectivity index (χ4n) is 1.98. The first-order chi connectivity index (χ1) is 9.45. The molecule has 0 atom stereocenters. The smallest absolute Gasteiger partial charge is 0.336 e. The van der Waals surface area contributed by atoms with Crippen LogP contribution >= 0.6 is 0 Å². The second-order valence-corrected chi connectivity index (χ2v) is 4.92. The van der Waals surface area contributed by atoms with E-state index in [0.29, 0.717) is 18.7 Å². The predicted octanol–water partition coefficient (Wildman–Crippen LogP) is 2.46. The molecule has 20 heavy (non-hydrogen) atoms. The number of unbranched alkanes of at least 4 members (excludes halogenated alkanes) is 2. The highest BCUT2D eigenvalue weighted by atomic mass is 16.4. The van der Waals surface area contributed by atoms with Gasteiger partial charge < -0.3 is 16.2 Å². The molecule has 1 aromatic carbocycles. The lowest BCUT2D eigenvalue weighted by Crippen LogP contribution is -2.13. The number of carboxylic acids is 1. The van der Waals surface area contributed by atoms with Crippen LogP contribution in [0.3, 0.4) is 0 Å². The summed E-state index contributed by atoms with van der Waals surface area (Å²) in [7, 11) is 0. The number of carboxylic acid groups (broad SMARTS) is 1. The molecule has 0 aliphatic rings. The van der Waals surface area contributed by atoms with Crippen molar-refractivity contribution in [3.8, 4) is 0 Å². The predicted molar refractivity (Wildman–Crippen MR) is 79.0 cm³/mol. The van der Waals surface area contributed by atoms with E-state index in [4.69, 9.17) is 10.8 Å². The highest BCUT2D eigenvalue weighted by Gasteiger charge is 2.12. The number of amides is 1. The summed E-state index contributed by atoms with van der Waals surface area (Å²) >= 11 is 0. The Morgan fingerprint density at radius 3 is 2.50 bits per heavy atom. The Labute approximate surface area is 119 Å². The van der Waals surface area contributed by atoms with Gasteiger partial charge in [0.05, 0.1) is 5.56 Å². The molecule has 0 unspecified atom stereocenters. The van der Waals surface area contributed by atoms with Crippen LogP contribution in [0.4, 0.5) is 5.69 Å². The number of carbonyl (C=O) groups is 2. The molecule has 0 aliphatic carbocycles. The zero-order valence-electron chi connectivity index (χ0n) is 12.0. The van der Waals surface area contributed by atoms with E-state index in [-0.39, 0.29) is 11.5 Å². The standard InChI is InChI=1S/C15H22N2O3/c1-10-8-12(9-13(11(10)2)15(19)20)17-14(18)6-4-3-5-7-16/h8-9H,3-7,16H2,1-2H3,(H,17,18)(H,19,20). The highest BCUT2D eigenvalue weighted by Crippen LogP contribution is 2.20. The van der Waals surface area contributed by atoms with Crippen molar-refractivity contribution in [2.75, 3.05) is 11.9 Å². The van der Waals surface area contributed by atoms with Crippen molar-refractivity contribution in [1.82, 2.24) is 0 Å². The van der Waals surface area contributed by atoms with Crippen LogP contribution in [0.5, 0.6) is 0 Å². The van der Waals surface area contributed by atoms with Crippen molar-refractivity contribution in [3.63, 3.8) is 0 Å². The Morgan fingerprint density at radius 2 is 1.90 bits per heavy atom. The Kier molecular flexibility index (Phi) is 6.18. The zero-order chi connectivity index (χ0) is 15.1. The van der Waals surface area contributed by atoms with Gasteiger partial charge in [0.2, 0.25) is 5.91 Å². The molecule has 0 aromatic heterocycles. The van der Waals surface area contributed by atoms with Crippen molar-refractivity contribution in [1.29, 1.82) is 0 Å². The number of benzene rings is 1. The van der Waals surface area contributed by atoms with E-state index in [1.807, 2.05) is 6.92 Å². The highest BCUT2D eigenvalue weighted by molar-refractivity contribution is 5.95. The summed E-state index contributed by atoms with van der Waals surface area (Å²) in [6.07, 6.45) is 3.06. The Hall–Kier alpha value is -1.88. The third-order valence-corrected chi connectivity index (χ3v) is 3.29. The third-order valence-electron chi connectivity index (χ3n) is 3.29. The molecule has 0 radical (unpaired) electrons. The number of aryl methyl sites for hydroxylation is 1. The Bertz CT molecular complexity index is 498. The molecule has 1 aromatic rings. The normalized spacial score (nSPS) is 10.3. The van der Waals surface area contributed by atoms with Crippen LogP contribution in [0, 0.1) is 13.8 Å². The minimum absolute atomic E-state index is 0.0957. The van der Waals surface area contributed by atoms with Crippen molar-refractivity contribution in [2.45, 2.75) is 39.5 Å². The van der Waals surface area contributed by atoms with Gasteiger partial charge in [-0.3, -0.25) is 4.79 Å². The van der Waals surface area contributed by atoms with Crippen LogP contribution in [0.25, 0.3) is 0 Å². The van der Waals surface area contributed by atoms with Crippen LogP contribution in [0.1, 0.15) is 47.2 Å². The summed E-state index contributed by atoms with van der Waals surface area (Å²) in [5.41, 5.74) is 7.72. The fourth-order valence-corrected chi connectivity index (χ4v) is 1.98. The summed E-state index contributed by atoms with van der Waals surface area (Å²) in [4.78, 5) is 22.9. The van der Waals surface area contributed by atoms with Crippen LogP contribution in [0.15, 0.2) is 12.1 Å². The molecule has 0 aliphatic heterocycles. The number of hydrogen-bond acceptors (Lipinski definition) is 3. The number of aromatic carboxylic acids is 1. The number of nitrogens with one attached hydrogen (secondary N) is 1. The molecule has 0 spiro atoms. The molecule has 0 bridgehead atoms. The van der Waals surface area contributed by atoms with Gasteiger partial charge in [0, 0.05) is 12.1 Å². The van der Waals surface area contributed by atoms with E-state index in [2.05, 4.69) is 5.32 Å². The average Bonchev–Trinajstić information content (AvgIpc) is 2.38. The van der Waals surface area contributed by atoms with Gasteiger partial charge in [-0.05, 0) is 56.5 Å². The first-order valence-electron chi connectivity index (χ1n) is 6.80. The largest absolute Gasteiger partial charge is 0.478 e. The van der Waals surface area contributed by atoms with E-state index < -0.39 is 5.97 Å². The lowest BCUT2D eigenvalue weighted by atomic mass is 10.0. The fraction of sp³-hybridized carbons (Fsp3) is 0.467. The zero-order valence-corrected chi connectivity index (χ0v) is 12.0. The number of carbonyl (C=O) groups excluding carboxylic acids is 1. The molecule has 1 rings (SSSR count). The second-order valence-electron chi connectivity index (χ2n) is 4.92. The van der Waals surface area contributed by atoms with Crippen molar-refractivity contribution >= 4 is 17.6 Å². The van der Waals surface area contributed by atoms with E-state index in [1.165, 1.54) is 6.07 Å². The van der Waals surface area contributed by atoms with Crippen LogP contribution in [0.2, 0.25) is 0 Å². The first kappa shape index (κ1) is 16.2. The van der Waals surface area contributed by atoms with Gasteiger partial charge in [-0.15, -0.1) is 0 Å². The molecular weight excluding hydrogens is 256 g/mol. The molecule has 0 fully saturated rings. The molecular formula is C15H22N2O3. The summed E-state index contributed by atoms with van der Waals surface area (Å²) in [5, 5.41) is 11.9. The maximum Gasteiger partial charge on any atom is 0.336 e. The van der Waals surface area contributed by atoms with Gasteiger partial charge in [-0.1, -0.05) is 6.42 Å². The summed E-state index contributed by atoms with van der Waals surface area (Å²) in [6, 6.07) is 3.29. The molecule has 0 saturated heterocycles. The summed E-state index contributed by atoms with van der Waals surface area (Å²) < 4.78 is 0. The van der Waals surface area contributed by atoms with E-state index in [0.717, 1.165) is 30.4 Å².